The number of rotatable bonds is 19. The summed E-state index contributed by atoms with van der Waals surface area (Å²) in [5, 5.41) is 0. The van der Waals surface area contributed by atoms with Gasteiger partial charge in [0, 0.05) is 6.08 Å². The molecule has 0 aliphatic heterocycles. The number of esters is 2. The van der Waals surface area contributed by atoms with E-state index in [1.54, 1.807) is 48.5 Å². The zero-order chi connectivity index (χ0) is 30.0. The van der Waals surface area contributed by atoms with Gasteiger partial charge in [-0.1, -0.05) is 13.5 Å². The third kappa shape index (κ3) is 11.6. The monoisotopic (exact) mass is 619 g/mol. The molecule has 0 aromatic heterocycles. The Bertz CT molecular complexity index is 1270. The summed E-state index contributed by atoms with van der Waals surface area (Å²) < 4.78 is 36.3. The van der Waals surface area contributed by atoms with Crippen LogP contribution in [0.4, 0.5) is 0 Å². The summed E-state index contributed by atoms with van der Waals surface area (Å²) in [6.45, 7) is 7.03. The van der Waals surface area contributed by atoms with Crippen LogP contribution in [-0.4, -0.2) is 31.8 Å². The number of carbonyl (C=O) groups excluding carboxylic acids is 2. The van der Waals surface area contributed by atoms with Gasteiger partial charge in [0.1, 0.15) is 0 Å². The second-order valence-electron chi connectivity index (χ2n) is 9.53. The van der Waals surface area contributed by atoms with Crippen molar-refractivity contribution >= 4 is 20.9 Å². The Morgan fingerprint density at radius 2 is 1.14 bits per heavy atom. The van der Waals surface area contributed by atoms with Gasteiger partial charge in [0.2, 0.25) is 0 Å². The van der Waals surface area contributed by atoms with Crippen LogP contribution in [0.15, 0.2) is 85.5 Å². The van der Waals surface area contributed by atoms with Gasteiger partial charge >= 0.3 is 205 Å². The van der Waals surface area contributed by atoms with Crippen LogP contribution >= 0.6 is 0 Å². The van der Waals surface area contributed by atoms with Crippen LogP contribution in [0, 0.1) is 0 Å². The van der Waals surface area contributed by atoms with Gasteiger partial charge in [0.15, 0.2) is 0 Å². The van der Waals surface area contributed by atoms with E-state index in [0.717, 1.165) is 24.7 Å². The number of hydrogen-bond acceptors (Lipinski definition) is 7. The van der Waals surface area contributed by atoms with E-state index in [9.17, 15) is 13.5 Å². The molecule has 3 aromatic carbocycles. The van der Waals surface area contributed by atoms with E-state index >= 15 is 0 Å². The van der Waals surface area contributed by atoms with Crippen LogP contribution in [0.1, 0.15) is 68.6 Å². The molecule has 0 unspecified atom stereocenters. The van der Waals surface area contributed by atoms with Crippen molar-refractivity contribution in [1.82, 2.24) is 0 Å². The molecule has 3 aromatic rings. The summed E-state index contributed by atoms with van der Waals surface area (Å²) in [5.41, 5.74) is 0.382. The molecule has 0 bridgehead atoms. The van der Waals surface area contributed by atoms with Crippen molar-refractivity contribution in [3.05, 3.63) is 91.0 Å². The van der Waals surface area contributed by atoms with E-state index in [4.69, 9.17) is 18.9 Å². The van der Waals surface area contributed by atoms with Gasteiger partial charge < -0.3 is 4.74 Å². The Hall–Kier alpha value is -3.75. The molecule has 42 heavy (non-hydrogen) atoms. The predicted octanol–water partition coefficient (Wildman–Crippen LogP) is 6.45. The molecular formula is C34H40CoO7. The third-order valence-corrected chi connectivity index (χ3v) is 8.02. The van der Waals surface area contributed by atoms with Crippen molar-refractivity contribution in [2.75, 3.05) is 19.8 Å². The molecule has 0 heterocycles. The molecule has 0 aliphatic rings. The Morgan fingerprint density at radius 3 is 1.71 bits per heavy atom. The van der Waals surface area contributed by atoms with E-state index in [2.05, 4.69) is 13.5 Å². The van der Waals surface area contributed by atoms with Crippen molar-refractivity contribution < 1.29 is 46.0 Å². The van der Waals surface area contributed by atoms with Crippen molar-refractivity contribution in [3.63, 3.8) is 0 Å². The molecule has 0 amide bonds. The summed E-state index contributed by atoms with van der Waals surface area (Å²) >= 11 is -1.76. The molecule has 3 rings (SSSR count). The number of ether oxygens (including phenoxy) is 4. The summed E-state index contributed by atoms with van der Waals surface area (Å²) in [6, 6.07) is 20.7. The van der Waals surface area contributed by atoms with Crippen molar-refractivity contribution in [2.45, 2.75) is 58.3 Å². The predicted molar refractivity (Wildman–Crippen MR) is 159 cm³/mol. The Balaban J connectivity index is 1.40. The van der Waals surface area contributed by atoms with Gasteiger partial charge in [-0.15, -0.1) is 0 Å². The summed E-state index contributed by atoms with van der Waals surface area (Å²) in [7, 11) is 0. The normalized spacial score (nSPS) is 10.9. The molecular weight excluding hydrogens is 579 g/mol. The third-order valence-electron chi connectivity index (χ3n) is 6.23. The summed E-state index contributed by atoms with van der Waals surface area (Å²) in [4.78, 5) is 23.6. The van der Waals surface area contributed by atoms with E-state index in [0.29, 0.717) is 52.3 Å². The molecule has 0 saturated heterocycles. The fourth-order valence-electron chi connectivity index (χ4n) is 3.88. The van der Waals surface area contributed by atoms with Crippen molar-refractivity contribution in [2.24, 2.45) is 0 Å². The Morgan fingerprint density at radius 1 is 0.667 bits per heavy atom. The van der Waals surface area contributed by atoms with E-state index in [-0.39, 0.29) is 0 Å². The Labute approximate surface area is 252 Å². The van der Waals surface area contributed by atoms with E-state index < -0.39 is 25.5 Å². The molecule has 0 saturated carbocycles. The average molecular weight is 620 g/mol. The number of benzene rings is 3. The average Bonchev–Trinajstić information content (AvgIpc) is 3.02. The molecule has 227 valence electrons. The van der Waals surface area contributed by atoms with Gasteiger partial charge in [-0.3, -0.25) is 0 Å². The molecule has 0 N–H and O–H groups in total. The quantitative estimate of drug-likeness (QED) is 0.0660. The maximum atomic E-state index is 13.1. The molecule has 0 fully saturated rings. The van der Waals surface area contributed by atoms with Crippen LogP contribution in [0.3, 0.4) is 0 Å². The first-order valence-corrected chi connectivity index (χ1v) is 15.8. The van der Waals surface area contributed by atoms with Crippen LogP contribution in [0.5, 0.6) is 17.2 Å². The van der Waals surface area contributed by atoms with Crippen molar-refractivity contribution in [1.29, 1.82) is 0 Å². The van der Waals surface area contributed by atoms with Gasteiger partial charge in [0.25, 0.3) is 0 Å². The van der Waals surface area contributed by atoms with Gasteiger partial charge in [-0.25, -0.2) is 4.79 Å². The maximum absolute atomic E-state index is 13.1. The molecule has 0 aliphatic carbocycles. The first kappa shape index (κ1) is 32.8. The first-order chi connectivity index (χ1) is 20.5. The summed E-state index contributed by atoms with van der Waals surface area (Å²) in [5.74, 6) is 0.832. The minimum atomic E-state index is -1.76. The van der Waals surface area contributed by atoms with Crippen LogP contribution < -0.4 is 23.2 Å². The molecule has 0 atom stereocenters. The molecule has 0 spiro atoms. The second kappa shape index (κ2) is 18.6. The fourth-order valence-corrected chi connectivity index (χ4v) is 5.21. The first-order valence-electron chi connectivity index (χ1n) is 14.4. The zero-order valence-corrected chi connectivity index (χ0v) is 25.2. The van der Waals surface area contributed by atoms with Gasteiger partial charge in [-0.2, -0.15) is 0 Å². The SMILES string of the molecule is C=CC(=O)OCCCCOc1ccc(C(=O)Oc2cc[c]([Co](=[O])[c]3ccc(OCCCCCCCC)cc3)cc2)cc1. The van der Waals surface area contributed by atoms with Crippen molar-refractivity contribution in [3.8, 4) is 17.2 Å². The van der Waals surface area contributed by atoms with Gasteiger partial charge in [0.05, 0.1) is 6.61 Å². The van der Waals surface area contributed by atoms with Gasteiger partial charge in [-0.05, 0) is 12.8 Å². The van der Waals surface area contributed by atoms with E-state index in [1.807, 2.05) is 24.3 Å². The Kier molecular flexibility index (Phi) is 14.5. The van der Waals surface area contributed by atoms with E-state index in [1.165, 1.54) is 32.1 Å². The van der Waals surface area contributed by atoms with Crippen LogP contribution in [0.2, 0.25) is 0 Å². The number of unbranched alkanes of at least 4 members (excludes halogenated alkanes) is 6. The number of hydrogen-bond donors (Lipinski definition) is 0. The second-order valence-corrected chi connectivity index (χ2v) is 11.4. The zero-order valence-electron chi connectivity index (χ0n) is 24.2. The number of carbonyl (C=O) groups is 2. The molecule has 7 nitrogen and oxygen atoms in total. The standard InChI is InChI=1S/C20H19O5.C14H21O.Co.O/c1-2-19(21)24-15-7-6-14-23-17-12-10-16(11-13-17)20(22)25-18-8-4-3-5-9-18;1-2-3-4-5-6-10-13-15-14-11-8-7-9-12-14;;/h2,4-5,8-13H,1,6-7,14-15H2;8-9,11-12H,2-6,10,13H2,1H3;;. The molecule has 8 heteroatoms. The minimum absolute atomic E-state index is 0.318. The van der Waals surface area contributed by atoms with Crippen LogP contribution in [0.25, 0.3) is 0 Å². The molecule has 0 radical (unpaired) electrons. The fraction of sp³-hybridized carbons (Fsp3) is 0.353. The topological polar surface area (TPSA) is 88.1 Å². The summed E-state index contributed by atoms with van der Waals surface area (Å²) in [6.07, 6.45) is 9.82. The van der Waals surface area contributed by atoms with Crippen LogP contribution in [-0.2, 0) is 27.0 Å².